The molecule has 2 aromatic carbocycles. The van der Waals surface area contributed by atoms with Gasteiger partial charge in [-0.3, -0.25) is 0 Å². The number of nitrogens with zero attached hydrogens (tertiary/aromatic N) is 2. The molecule has 1 heterocycles. The molecule has 0 aliphatic carbocycles. The third-order valence-electron chi connectivity index (χ3n) is 4.95. The zero-order chi connectivity index (χ0) is 21.0. The molecule has 1 N–H and O–H groups in total. The number of unbranched alkanes of at least 4 members (excludes halogenated alkanes) is 1. The van der Waals surface area contributed by atoms with E-state index in [0.717, 1.165) is 40.4 Å². The minimum atomic E-state index is -4.12. The molecule has 0 unspecified atom stereocenters. The van der Waals surface area contributed by atoms with Gasteiger partial charge >= 0.3 is 0 Å². The van der Waals surface area contributed by atoms with Crippen molar-refractivity contribution < 1.29 is 17.9 Å². The second-order valence-corrected chi connectivity index (χ2v) is 8.66. The predicted molar refractivity (Wildman–Crippen MR) is 107 cm³/mol. The van der Waals surface area contributed by atoms with Gasteiger partial charge in [-0.25, -0.2) is 12.8 Å². The first-order valence-corrected chi connectivity index (χ1v) is 10.8. The molecule has 1 fully saturated rings. The number of sulfonamides is 1. The molecule has 150 valence electrons. The van der Waals surface area contributed by atoms with Gasteiger partial charge < -0.3 is 5.11 Å². The molecule has 0 aromatic heterocycles. The van der Waals surface area contributed by atoms with Crippen molar-refractivity contribution in [2.45, 2.75) is 42.7 Å². The SMILES string of the molecule is CCCC#Cc1ccc([C@@H]2[C@@H](C#N)N(S(=O)(=O)c3cccc(F)c3)[C@H]2CO)cc1. The van der Waals surface area contributed by atoms with Gasteiger partial charge in [-0.2, -0.15) is 9.57 Å². The molecule has 3 rings (SSSR count). The quantitative estimate of drug-likeness (QED) is 0.766. The molecule has 0 saturated carbocycles. The van der Waals surface area contributed by atoms with Crippen LogP contribution in [0, 0.1) is 29.0 Å². The molecule has 29 heavy (non-hydrogen) atoms. The molecule has 2 aromatic rings. The zero-order valence-corrected chi connectivity index (χ0v) is 16.7. The fourth-order valence-electron chi connectivity index (χ4n) is 3.52. The van der Waals surface area contributed by atoms with Gasteiger partial charge in [-0.05, 0) is 42.3 Å². The number of aliphatic hydroxyl groups excluding tert-OH is 1. The number of halogens is 1. The molecule has 7 heteroatoms. The van der Waals surface area contributed by atoms with E-state index in [1.807, 2.05) is 18.2 Å². The summed E-state index contributed by atoms with van der Waals surface area (Å²) in [5.74, 6) is 4.94. The summed E-state index contributed by atoms with van der Waals surface area (Å²) in [5, 5.41) is 19.5. The molecular weight excluding hydrogens is 391 g/mol. The van der Waals surface area contributed by atoms with E-state index >= 15 is 0 Å². The highest BCUT2D eigenvalue weighted by Gasteiger charge is 2.55. The van der Waals surface area contributed by atoms with Gasteiger partial charge in [0.05, 0.1) is 23.6 Å². The Labute approximate surface area is 170 Å². The first kappa shape index (κ1) is 21.0. The minimum absolute atomic E-state index is 0.240. The molecule has 5 nitrogen and oxygen atoms in total. The van der Waals surface area contributed by atoms with Gasteiger partial charge in [-0.15, -0.1) is 0 Å². The van der Waals surface area contributed by atoms with Crippen LogP contribution < -0.4 is 0 Å². The van der Waals surface area contributed by atoms with Gasteiger partial charge in [0.25, 0.3) is 0 Å². The van der Waals surface area contributed by atoms with Crippen LogP contribution in [0.4, 0.5) is 4.39 Å². The average Bonchev–Trinajstić information content (AvgIpc) is 2.69. The van der Waals surface area contributed by atoms with Crippen molar-refractivity contribution in [2.75, 3.05) is 6.61 Å². The van der Waals surface area contributed by atoms with Gasteiger partial charge in [0.15, 0.2) is 0 Å². The van der Waals surface area contributed by atoms with Crippen LogP contribution in [-0.2, 0) is 10.0 Å². The number of benzene rings is 2. The Hall–Kier alpha value is -2.71. The molecule has 0 amide bonds. The van der Waals surface area contributed by atoms with E-state index < -0.39 is 40.4 Å². The van der Waals surface area contributed by atoms with Crippen molar-refractivity contribution >= 4 is 10.0 Å². The maximum atomic E-state index is 13.5. The van der Waals surface area contributed by atoms with Crippen LogP contribution in [0.1, 0.15) is 36.8 Å². The molecular formula is C22H21FN2O3S. The van der Waals surface area contributed by atoms with Gasteiger partial charge in [0.2, 0.25) is 10.0 Å². The summed E-state index contributed by atoms with van der Waals surface area (Å²) in [7, 11) is -4.12. The number of nitriles is 1. The van der Waals surface area contributed by atoms with Gasteiger partial charge in [0, 0.05) is 17.9 Å². The summed E-state index contributed by atoms with van der Waals surface area (Å²) < 4.78 is 40.4. The maximum absolute atomic E-state index is 13.5. The van der Waals surface area contributed by atoms with Crippen molar-refractivity contribution in [3.05, 3.63) is 65.5 Å². The zero-order valence-electron chi connectivity index (χ0n) is 15.9. The lowest BCUT2D eigenvalue weighted by Crippen LogP contribution is -2.65. The number of aliphatic hydroxyl groups is 1. The highest BCUT2D eigenvalue weighted by atomic mass is 32.2. The summed E-state index contributed by atoms with van der Waals surface area (Å²) in [5.41, 5.74) is 1.59. The highest BCUT2D eigenvalue weighted by Crippen LogP contribution is 2.43. The monoisotopic (exact) mass is 412 g/mol. The summed E-state index contributed by atoms with van der Waals surface area (Å²) in [6.07, 6.45) is 1.78. The van der Waals surface area contributed by atoms with E-state index in [-0.39, 0.29) is 4.90 Å². The molecule has 1 aliphatic rings. The highest BCUT2D eigenvalue weighted by molar-refractivity contribution is 7.89. The second-order valence-electron chi connectivity index (χ2n) is 6.82. The summed E-state index contributed by atoms with van der Waals surface area (Å²) in [4.78, 5) is -0.240. The summed E-state index contributed by atoms with van der Waals surface area (Å²) >= 11 is 0. The minimum Gasteiger partial charge on any atom is -0.395 e. The average molecular weight is 412 g/mol. The number of rotatable bonds is 5. The first-order chi connectivity index (χ1) is 13.9. The van der Waals surface area contributed by atoms with Crippen molar-refractivity contribution in [3.8, 4) is 17.9 Å². The van der Waals surface area contributed by atoms with Crippen LogP contribution in [0.5, 0.6) is 0 Å². The molecule has 1 aliphatic heterocycles. The largest absolute Gasteiger partial charge is 0.395 e. The Bertz CT molecular complexity index is 1080. The van der Waals surface area contributed by atoms with Crippen molar-refractivity contribution in [3.63, 3.8) is 0 Å². The summed E-state index contributed by atoms with van der Waals surface area (Å²) in [6, 6.07) is 12.1. The molecule has 3 atom stereocenters. The van der Waals surface area contributed by atoms with E-state index in [1.54, 1.807) is 12.1 Å². The maximum Gasteiger partial charge on any atom is 0.244 e. The topological polar surface area (TPSA) is 81.4 Å². The van der Waals surface area contributed by atoms with Crippen molar-refractivity contribution in [1.82, 2.24) is 4.31 Å². The van der Waals surface area contributed by atoms with Crippen molar-refractivity contribution in [1.29, 1.82) is 5.26 Å². The smallest absolute Gasteiger partial charge is 0.244 e. The Morgan fingerprint density at radius 1 is 1.21 bits per heavy atom. The van der Waals surface area contributed by atoms with Gasteiger partial charge in [-0.1, -0.05) is 37.0 Å². The van der Waals surface area contributed by atoms with E-state index in [2.05, 4.69) is 18.8 Å². The van der Waals surface area contributed by atoms with E-state index in [1.165, 1.54) is 12.1 Å². The predicted octanol–water partition coefficient (Wildman–Crippen LogP) is 3.02. The third-order valence-corrected chi connectivity index (χ3v) is 6.85. The Balaban J connectivity index is 1.90. The van der Waals surface area contributed by atoms with Crippen LogP contribution in [0.25, 0.3) is 0 Å². The molecule has 0 bridgehead atoms. The summed E-state index contributed by atoms with van der Waals surface area (Å²) in [6.45, 7) is 1.60. The Morgan fingerprint density at radius 2 is 1.93 bits per heavy atom. The van der Waals surface area contributed by atoms with E-state index in [9.17, 15) is 23.2 Å². The van der Waals surface area contributed by atoms with E-state index in [0.29, 0.717) is 0 Å². The lowest BCUT2D eigenvalue weighted by molar-refractivity contribution is 0.0556. The third kappa shape index (κ3) is 4.04. The van der Waals surface area contributed by atoms with Crippen LogP contribution in [0.2, 0.25) is 0 Å². The van der Waals surface area contributed by atoms with E-state index in [4.69, 9.17) is 0 Å². The van der Waals surface area contributed by atoms with Crippen LogP contribution in [-0.4, -0.2) is 36.5 Å². The Kier molecular flexibility index (Phi) is 6.34. The van der Waals surface area contributed by atoms with Gasteiger partial charge in [0.1, 0.15) is 11.9 Å². The molecule has 0 radical (unpaired) electrons. The fraction of sp³-hybridized carbons (Fsp3) is 0.318. The number of hydrogen-bond acceptors (Lipinski definition) is 4. The molecule has 0 spiro atoms. The number of hydrogen-bond donors (Lipinski definition) is 1. The fourth-order valence-corrected chi connectivity index (χ4v) is 5.31. The lowest BCUT2D eigenvalue weighted by atomic mass is 9.78. The van der Waals surface area contributed by atoms with Crippen LogP contribution in [0.3, 0.4) is 0 Å². The standard InChI is InChI=1S/C22H21FN2O3S/c1-2-3-4-6-16-9-11-17(12-10-16)22-20(14-24)25(21(22)15-26)29(27,28)19-8-5-7-18(23)13-19/h5,7-13,20-22,26H,2-3,15H2,1H3/t20-,21+,22-/m1/s1. The second kappa shape index (κ2) is 8.75. The Morgan fingerprint density at radius 3 is 2.52 bits per heavy atom. The first-order valence-electron chi connectivity index (χ1n) is 9.32. The molecule has 1 saturated heterocycles. The normalized spacial score (nSPS) is 21.5. The van der Waals surface area contributed by atoms with Crippen molar-refractivity contribution in [2.24, 2.45) is 0 Å². The van der Waals surface area contributed by atoms with Crippen LogP contribution >= 0.6 is 0 Å². The lowest BCUT2D eigenvalue weighted by Gasteiger charge is -2.50. The van der Waals surface area contributed by atoms with Crippen LogP contribution in [0.15, 0.2) is 53.4 Å².